The summed E-state index contributed by atoms with van der Waals surface area (Å²) in [6.45, 7) is 16.6. The average Bonchev–Trinajstić information content (AvgIpc) is 2.80. The molecule has 0 bridgehead atoms. The number of hydrogen-bond donors (Lipinski definition) is 0. The molecule has 0 aromatic rings. The lowest BCUT2D eigenvalue weighted by Gasteiger charge is -2.70. The van der Waals surface area contributed by atoms with Crippen LogP contribution in [0.2, 0.25) is 0 Å². The smallest absolute Gasteiger partial charge is 0.311 e. The second-order valence-electron chi connectivity index (χ2n) is 15.3. The Labute approximate surface area is 219 Å². The summed E-state index contributed by atoms with van der Waals surface area (Å²) in [4.78, 5) is 27.2. The molecule has 7 unspecified atom stereocenters. The number of esters is 1. The number of fused-ring (bicyclic) bond motifs is 7. The number of methoxy groups -OCH3 is 2. The molecule has 36 heavy (non-hydrogen) atoms. The zero-order valence-corrected chi connectivity index (χ0v) is 24.4. The average molecular weight is 499 g/mol. The van der Waals surface area contributed by atoms with Crippen molar-refractivity contribution in [3.8, 4) is 0 Å². The molecule has 5 aliphatic rings. The first kappa shape index (κ1) is 26.4. The molecule has 0 aromatic heterocycles. The molecular formula is C32H50O4. The summed E-state index contributed by atoms with van der Waals surface area (Å²) in [6, 6.07) is 0. The summed E-state index contributed by atoms with van der Waals surface area (Å²) in [5.74, 6) is 1.07. The van der Waals surface area contributed by atoms with Crippen molar-refractivity contribution >= 4 is 11.8 Å². The zero-order chi connectivity index (χ0) is 26.5. The zero-order valence-electron chi connectivity index (χ0n) is 24.4. The van der Waals surface area contributed by atoms with Gasteiger partial charge in [0, 0.05) is 13.0 Å². The van der Waals surface area contributed by atoms with Crippen molar-refractivity contribution in [2.45, 2.75) is 112 Å². The van der Waals surface area contributed by atoms with Gasteiger partial charge < -0.3 is 9.47 Å². The fourth-order valence-electron chi connectivity index (χ4n) is 11.0. The number of ether oxygens (including phenoxy) is 2. The van der Waals surface area contributed by atoms with Gasteiger partial charge in [-0.3, -0.25) is 9.59 Å². The molecule has 202 valence electrons. The Kier molecular flexibility index (Phi) is 5.83. The molecular weight excluding hydrogens is 448 g/mol. The van der Waals surface area contributed by atoms with Gasteiger partial charge >= 0.3 is 5.97 Å². The molecule has 5 rings (SSSR count). The van der Waals surface area contributed by atoms with E-state index in [1.54, 1.807) is 0 Å². The maximum atomic E-state index is 14.4. The van der Waals surface area contributed by atoms with E-state index in [-0.39, 0.29) is 51.0 Å². The molecule has 0 aromatic carbocycles. The Morgan fingerprint density at radius 1 is 0.889 bits per heavy atom. The lowest BCUT2D eigenvalue weighted by atomic mass is 9.33. The van der Waals surface area contributed by atoms with Crippen LogP contribution in [0, 0.1) is 50.2 Å². The predicted molar refractivity (Wildman–Crippen MR) is 142 cm³/mol. The molecule has 5 aliphatic carbocycles. The van der Waals surface area contributed by atoms with Crippen molar-refractivity contribution < 1.29 is 19.1 Å². The summed E-state index contributed by atoms with van der Waals surface area (Å²) in [5.41, 5.74) is 1.03. The second kappa shape index (κ2) is 7.93. The highest BCUT2D eigenvalue weighted by molar-refractivity contribution is 5.95. The molecule has 4 saturated carbocycles. The van der Waals surface area contributed by atoms with Crippen LogP contribution < -0.4 is 0 Å². The van der Waals surface area contributed by atoms with Gasteiger partial charge in [-0.25, -0.2) is 0 Å². The molecule has 0 saturated heterocycles. The van der Waals surface area contributed by atoms with E-state index in [1.807, 2.05) is 7.11 Å². The maximum Gasteiger partial charge on any atom is 0.311 e. The van der Waals surface area contributed by atoms with Gasteiger partial charge in [0.2, 0.25) is 0 Å². The van der Waals surface area contributed by atoms with Crippen LogP contribution in [-0.4, -0.2) is 32.1 Å². The van der Waals surface area contributed by atoms with E-state index in [4.69, 9.17) is 9.47 Å². The molecule has 9 atom stereocenters. The molecule has 4 fully saturated rings. The molecule has 0 N–H and O–H groups in total. The van der Waals surface area contributed by atoms with E-state index in [0.717, 1.165) is 51.4 Å². The van der Waals surface area contributed by atoms with Crippen LogP contribution in [0.4, 0.5) is 0 Å². The largest absolute Gasteiger partial charge is 0.469 e. The van der Waals surface area contributed by atoms with Gasteiger partial charge in [0.15, 0.2) is 5.78 Å². The first-order valence-electron chi connectivity index (χ1n) is 14.5. The van der Waals surface area contributed by atoms with Crippen LogP contribution in [0.25, 0.3) is 0 Å². The SMILES string of the molecule is COC(=O)[C@@]1(C)CCC2(C)CC[C@]3(C)C(=CC(=O)C4C5(C)CCC(OC)C(C)(C)C5CCC43C)C2C1. The summed E-state index contributed by atoms with van der Waals surface area (Å²) >= 11 is 0. The van der Waals surface area contributed by atoms with Crippen molar-refractivity contribution in [3.05, 3.63) is 11.6 Å². The predicted octanol–water partition coefficient (Wildman–Crippen LogP) is 7.16. The first-order valence-corrected chi connectivity index (χ1v) is 14.5. The van der Waals surface area contributed by atoms with E-state index in [1.165, 1.54) is 19.1 Å². The van der Waals surface area contributed by atoms with E-state index >= 15 is 0 Å². The van der Waals surface area contributed by atoms with Crippen LogP contribution in [0.1, 0.15) is 106 Å². The lowest BCUT2D eigenvalue weighted by molar-refractivity contribution is -0.206. The molecule has 4 nitrogen and oxygen atoms in total. The number of ketones is 1. The number of hydrogen-bond acceptors (Lipinski definition) is 4. The van der Waals surface area contributed by atoms with Crippen molar-refractivity contribution in [2.24, 2.45) is 50.2 Å². The highest BCUT2D eigenvalue weighted by atomic mass is 16.5. The van der Waals surface area contributed by atoms with E-state index < -0.39 is 5.41 Å². The molecule has 0 radical (unpaired) electrons. The molecule has 0 amide bonds. The van der Waals surface area contributed by atoms with Gasteiger partial charge in [-0.05, 0) is 110 Å². The van der Waals surface area contributed by atoms with Crippen molar-refractivity contribution in [2.75, 3.05) is 14.2 Å². The van der Waals surface area contributed by atoms with Crippen LogP contribution in [0.15, 0.2) is 11.6 Å². The standard InChI is InChI=1S/C32H50O4/c1-27(2)23-10-13-32(7)25(30(23,5)12-11-24(27)35-8)22(33)18-20-21-19-29(4,26(34)36-9)15-14-28(21,3)16-17-31(20,32)6/h18,21,23-25H,10-17,19H2,1-9H3/t21?,23?,24?,25?,28?,29-,30?,31+,32?/m0/s1. The normalized spacial score (nSPS) is 51.7. The molecule has 0 heterocycles. The van der Waals surface area contributed by atoms with Crippen LogP contribution >= 0.6 is 0 Å². The van der Waals surface area contributed by atoms with E-state index in [0.29, 0.717) is 11.7 Å². The second-order valence-corrected chi connectivity index (χ2v) is 15.3. The monoisotopic (exact) mass is 498 g/mol. The van der Waals surface area contributed by atoms with Gasteiger partial charge in [0.25, 0.3) is 0 Å². The third-order valence-corrected chi connectivity index (χ3v) is 13.5. The minimum atomic E-state index is -0.467. The van der Waals surface area contributed by atoms with Gasteiger partial charge in [-0.2, -0.15) is 0 Å². The Morgan fingerprint density at radius 2 is 1.56 bits per heavy atom. The summed E-state index contributed by atoms with van der Waals surface area (Å²) in [5, 5.41) is 0. The molecule has 0 spiro atoms. The Bertz CT molecular complexity index is 996. The fourth-order valence-corrected chi connectivity index (χ4v) is 11.0. The number of allylic oxidation sites excluding steroid dienone is 2. The number of carbonyl (C=O) groups is 2. The third-order valence-electron chi connectivity index (χ3n) is 13.5. The Balaban J connectivity index is 1.60. The van der Waals surface area contributed by atoms with Gasteiger partial charge in [-0.1, -0.05) is 47.1 Å². The minimum Gasteiger partial charge on any atom is -0.469 e. The highest BCUT2D eigenvalue weighted by Crippen LogP contribution is 2.75. The van der Waals surface area contributed by atoms with Crippen molar-refractivity contribution in [3.63, 3.8) is 0 Å². The topological polar surface area (TPSA) is 52.6 Å². The summed E-state index contributed by atoms with van der Waals surface area (Å²) < 4.78 is 11.2. The Hall–Kier alpha value is -1.16. The third kappa shape index (κ3) is 3.15. The van der Waals surface area contributed by atoms with E-state index in [2.05, 4.69) is 54.5 Å². The fraction of sp³-hybridized carbons (Fsp3) is 0.875. The van der Waals surface area contributed by atoms with Crippen LogP contribution in [0.3, 0.4) is 0 Å². The van der Waals surface area contributed by atoms with Gasteiger partial charge in [0.05, 0.1) is 18.6 Å². The number of carbonyl (C=O) groups excluding carboxylic acids is 2. The summed E-state index contributed by atoms with van der Waals surface area (Å²) in [6.07, 6.45) is 11.7. The highest BCUT2D eigenvalue weighted by Gasteiger charge is 2.70. The van der Waals surface area contributed by atoms with Gasteiger partial charge in [-0.15, -0.1) is 0 Å². The Morgan fingerprint density at radius 3 is 2.19 bits per heavy atom. The lowest BCUT2D eigenvalue weighted by Crippen LogP contribution is -2.66. The summed E-state index contributed by atoms with van der Waals surface area (Å²) in [7, 11) is 3.37. The van der Waals surface area contributed by atoms with E-state index in [9.17, 15) is 9.59 Å². The van der Waals surface area contributed by atoms with Crippen molar-refractivity contribution in [1.29, 1.82) is 0 Å². The minimum absolute atomic E-state index is 0.0124. The first-order chi connectivity index (χ1) is 16.6. The van der Waals surface area contributed by atoms with Crippen molar-refractivity contribution in [1.82, 2.24) is 0 Å². The number of rotatable bonds is 2. The van der Waals surface area contributed by atoms with Crippen LogP contribution in [0.5, 0.6) is 0 Å². The molecule has 4 heteroatoms. The molecule has 0 aliphatic heterocycles. The van der Waals surface area contributed by atoms with Gasteiger partial charge in [0.1, 0.15) is 0 Å². The quantitative estimate of drug-likeness (QED) is 0.379. The maximum absolute atomic E-state index is 14.4. The van der Waals surface area contributed by atoms with Crippen LogP contribution in [-0.2, 0) is 19.1 Å².